The van der Waals surface area contributed by atoms with Crippen molar-refractivity contribution in [1.29, 1.82) is 0 Å². The highest BCUT2D eigenvalue weighted by Gasteiger charge is 2.23. The van der Waals surface area contributed by atoms with Crippen molar-refractivity contribution in [2.75, 3.05) is 77.5 Å². The van der Waals surface area contributed by atoms with Crippen molar-refractivity contribution in [3.8, 4) is 5.75 Å². The Morgan fingerprint density at radius 2 is 1.50 bits per heavy atom. The summed E-state index contributed by atoms with van der Waals surface area (Å²) in [5.41, 5.74) is 2.22. The predicted octanol–water partition coefficient (Wildman–Crippen LogP) is 0.984. The normalized spacial score (nSPS) is 20.4. The van der Waals surface area contributed by atoms with Crippen LogP contribution in [0, 0.1) is 0 Å². The summed E-state index contributed by atoms with van der Waals surface area (Å²) in [7, 11) is 1.69. The first kappa shape index (κ1) is 21.1. The number of benzene rings is 1. The summed E-state index contributed by atoms with van der Waals surface area (Å²) < 4.78 is 10.2. The Balaban J connectivity index is 1.14. The molecule has 0 aliphatic carbocycles. The third-order valence-electron chi connectivity index (χ3n) is 6.09. The number of anilines is 1. The summed E-state index contributed by atoms with van der Waals surface area (Å²) in [6.45, 7) is 10.2. The third-order valence-corrected chi connectivity index (χ3v) is 6.09. The van der Waals surface area contributed by atoms with Crippen LogP contribution < -0.4 is 9.64 Å². The topological polar surface area (TPSA) is 68.5 Å². The molecule has 164 valence electrons. The molecule has 2 aliphatic heterocycles. The van der Waals surface area contributed by atoms with Gasteiger partial charge in [-0.15, -0.1) is 0 Å². The molecule has 8 heteroatoms. The molecular weight excluding hydrogens is 382 g/mol. The van der Waals surface area contributed by atoms with Gasteiger partial charge < -0.3 is 19.3 Å². The number of methoxy groups -OCH3 is 1. The maximum Gasteiger partial charge on any atom is 0.124 e. The van der Waals surface area contributed by atoms with Crippen LogP contribution in [0.2, 0.25) is 0 Å². The number of aliphatic hydroxyl groups excluding tert-OH is 1. The van der Waals surface area contributed by atoms with Crippen molar-refractivity contribution in [2.24, 2.45) is 0 Å². The molecule has 1 atom stereocenters. The van der Waals surface area contributed by atoms with Crippen molar-refractivity contribution in [3.05, 3.63) is 42.3 Å². The Morgan fingerprint density at radius 3 is 2.07 bits per heavy atom. The van der Waals surface area contributed by atoms with Gasteiger partial charge in [0.2, 0.25) is 0 Å². The van der Waals surface area contributed by atoms with E-state index in [-0.39, 0.29) is 6.10 Å². The minimum absolute atomic E-state index is 0.306. The van der Waals surface area contributed by atoms with Gasteiger partial charge in [0.1, 0.15) is 12.0 Å². The molecule has 0 unspecified atom stereocenters. The van der Waals surface area contributed by atoms with Crippen molar-refractivity contribution in [2.45, 2.75) is 12.6 Å². The predicted molar refractivity (Wildman–Crippen MR) is 116 cm³/mol. The molecule has 2 aliphatic rings. The summed E-state index contributed by atoms with van der Waals surface area (Å²) in [5.74, 6) is 0.888. The van der Waals surface area contributed by atoms with Gasteiger partial charge in [-0.2, -0.15) is 0 Å². The van der Waals surface area contributed by atoms with E-state index in [2.05, 4.69) is 36.9 Å². The monoisotopic (exact) mass is 415 g/mol. The Labute approximate surface area is 178 Å². The van der Waals surface area contributed by atoms with Gasteiger partial charge in [-0.1, -0.05) is 5.16 Å². The van der Waals surface area contributed by atoms with Crippen LogP contribution in [0.25, 0.3) is 0 Å². The molecule has 2 aromatic rings. The molecule has 8 nitrogen and oxygen atoms in total. The Hall–Kier alpha value is -2.13. The molecule has 30 heavy (non-hydrogen) atoms. The molecule has 3 heterocycles. The van der Waals surface area contributed by atoms with E-state index in [9.17, 15) is 5.11 Å². The second-order valence-electron chi connectivity index (χ2n) is 8.21. The van der Waals surface area contributed by atoms with E-state index < -0.39 is 0 Å². The van der Waals surface area contributed by atoms with Crippen molar-refractivity contribution in [3.63, 3.8) is 0 Å². The Morgan fingerprint density at radius 1 is 0.900 bits per heavy atom. The Kier molecular flexibility index (Phi) is 7.22. The van der Waals surface area contributed by atoms with E-state index in [1.54, 1.807) is 13.4 Å². The largest absolute Gasteiger partial charge is 0.497 e. The van der Waals surface area contributed by atoms with Gasteiger partial charge in [0.25, 0.3) is 0 Å². The maximum atomic E-state index is 10.6. The lowest BCUT2D eigenvalue weighted by Gasteiger charge is -2.38. The second kappa shape index (κ2) is 10.3. The minimum atomic E-state index is -0.306. The van der Waals surface area contributed by atoms with E-state index in [0.717, 1.165) is 83.4 Å². The number of aliphatic hydroxyl groups is 1. The van der Waals surface area contributed by atoms with Gasteiger partial charge in [0.05, 0.1) is 18.9 Å². The van der Waals surface area contributed by atoms with E-state index in [1.165, 1.54) is 5.69 Å². The number of nitrogens with zero attached hydrogens (tertiary/aromatic N) is 5. The Bertz CT molecular complexity index is 739. The van der Waals surface area contributed by atoms with Gasteiger partial charge in [0, 0.05) is 83.7 Å². The van der Waals surface area contributed by atoms with Gasteiger partial charge in [-0.3, -0.25) is 14.7 Å². The smallest absolute Gasteiger partial charge is 0.124 e. The van der Waals surface area contributed by atoms with Crippen molar-refractivity contribution in [1.82, 2.24) is 19.9 Å². The van der Waals surface area contributed by atoms with Gasteiger partial charge in [-0.25, -0.2) is 0 Å². The van der Waals surface area contributed by atoms with Crippen LogP contribution >= 0.6 is 0 Å². The summed E-state index contributed by atoms with van der Waals surface area (Å²) in [5, 5.41) is 14.6. The lowest BCUT2D eigenvalue weighted by Crippen LogP contribution is -2.52. The molecule has 1 N–H and O–H groups in total. The van der Waals surface area contributed by atoms with Crippen LogP contribution in [0.1, 0.15) is 5.69 Å². The summed E-state index contributed by atoms with van der Waals surface area (Å²) in [4.78, 5) is 9.54. The number of piperazine rings is 2. The van der Waals surface area contributed by atoms with Crippen molar-refractivity contribution >= 4 is 5.69 Å². The zero-order chi connectivity index (χ0) is 20.8. The molecule has 0 bridgehead atoms. The van der Waals surface area contributed by atoms with Crippen LogP contribution in [0.5, 0.6) is 5.75 Å². The summed E-state index contributed by atoms with van der Waals surface area (Å²) >= 11 is 0. The SMILES string of the molecule is COc1ccc(N2CCN(C[C@@H](O)CN3CCN(Cc4ccon4)CC3)CC2)cc1. The molecule has 2 fully saturated rings. The second-order valence-corrected chi connectivity index (χ2v) is 8.21. The molecular formula is C22H33N5O3. The number of hydrogen-bond acceptors (Lipinski definition) is 8. The van der Waals surface area contributed by atoms with Crippen LogP contribution in [0.15, 0.2) is 41.1 Å². The van der Waals surface area contributed by atoms with E-state index in [0.29, 0.717) is 0 Å². The molecule has 4 rings (SSSR count). The number of ether oxygens (including phenoxy) is 1. The molecule has 1 aromatic carbocycles. The highest BCUT2D eigenvalue weighted by molar-refractivity contribution is 5.49. The standard InChI is InChI=1S/C22H33N5O3/c1-29-22-4-2-20(3-5-22)27-13-11-26(12-14-27)18-21(28)17-25-9-7-24(8-10-25)16-19-6-15-30-23-19/h2-6,15,21,28H,7-14,16-18H2,1H3/t21-/m0/s1. The molecule has 0 amide bonds. The first-order valence-electron chi connectivity index (χ1n) is 10.8. The first-order valence-corrected chi connectivity index (χ1v) is 10.8. The van der Waals surface area contributed by atoms with Crippen LogP contribution in [-0.2, 0) is 6.54 Å². The number of aromatic nitrogens is 1. The summed E-state index contributed by atoms with van der Waals surface area (Å²) in [6, 6.07) is 10.2. The van der Waals surface area contributed by atoms with Crippen LogP contribution in [0.4, 0.5) is 5.69 Å². The van der Waals surface area contributed by atoms with E-state index in [4.69, 9.17) is 9.26 Å². The van der Waals surface area contributed by atoms with Gasteiger partial charge in [0.15, 0.2) is 0 Å². The highest BCUT2D eigenvalue weighted by atomic mass is 16.5. The average molecular weight is 416 g/mol. The highest BCUT2D eigenvalue weighted by Crippen LogP contribution is 2.20. The molecule has 0 saturated carbocycles. The zero-order valence-corrected chi connectivity index (χ0v) is 17.8. The summed E-state index contributed by atoms with van der Waals surface area (Å²) in [6.07, 6.45) is 1.32. The third kappa shape index (κ3) is 5.72. The fourth-order valence-electron chi connectivity index (χ4n) is 4.31. The number of rotatable bonds is 8. The van der Waals surface area contributed by atoms with Crippen LogP contribution in [0.3, 0.4) is 0 Å². The lowest BCUT2D eigenvalue weighted by molar-refractivity contribution is 0.0473. The quantitative estimate of drug-likeness (QED) is 0.685. The molecule has 1 aromatic heterocycles. The minimum Gasteiger partial charge on any atom is -0.497 e. The molecule has 0 spiro atoms. The van der Waals surface area contributed by atoms with E-state index in [1.807, 2.05) is 18.2 Å². The maximum absolute atomic E-state index is 10.6. The van der Waals surface area contributed by atoms with Crippen molar-refractivity contribution < 1.29 is 14.4 Å². The number of hydrogen-bond donors (Lipinski definition) is 1. The fourth-order valence-corrected chi connectivity index (χ4v) is 4.31. The number of β-amino-alcohol motifs (C(OH)–C–C–N with tert-alkyl or cyclic N) is 1. The fraction of sp³-hybridized carbons (Fsp3) is 0.591. The first-order chi connectivity index (χ1) is 14.7. The zero-order valence-electron chi connectivity index (χ0n) is 17.8. The van der Waals surface area contributed by atoms with E-state index >= 15 is 0 Å². The molecule has 2 saturated heterocycles. The lowest BCUT2D eigenvalue weighted by atomic mass is 10.2. The van der Waals surface area contributed by atoms with Gasteiger partial charge in [-0.05, 0) is 24.3 Å². The van der Waals surface area contributed by atoms with Crippen LogP contribution in [-0.4, -0.2) is 104 Å². The molecule has 0 radical (unpaired) electrons. The van der Waals surface area contributed by atoms with Gasteiger partial charge >= 0.3 is 0 Å². The average Bonchev–Trinajstić information content (AvgIpc) is 3.29.